The maximum absolute atomic E-state index is 6.25. The lowest BCUT2D eigenvalue weighted by atomic mass is 9.74. The Kier molecular flexibility index (Phi) is 8.16. The summed E-state index contributed by atoms with van der Waals surface area (Å²) in [6, 6.07) is 8.64. The largest absolute Gasteiger partial charge is 0.381 e. The van der Waals surface area contributed by atoms with E-state index in [2.05, 4.69) is 45.1 Å². The summed E-state index contributed by atoms with van der Waals surface area (Å²) in [5.74, 6) is 2.98. The molecule has 0 radical (unpaired) electrons. The smallest absolute Gasteiger partial charge is 0.191 e. The Morgan fingerprint density at radius 1 is 1.21 bits per heavy atom. The van der Waals surface area contributed by atoms with Crippen LogP contribution in [-0.4, -0.2) is 55.2 Å². The van der Waals surface area contributed by atoms with E-state index in [0.717, 1.165) is 61.7 Å². The molecule has 2 aliphatic heterocycles. The zero-order chi connectivity index (χ0) is 16.1. The van der Waals surface area contributed by atoms with Crippen molar-refractivity contribution in [3.8, 4) is 0 Å². The molecular formula is C17H25BrIN3OS. The van der Waals surface area contributed by atoms with Gasteiger partial charge in [-0.3, -0.25) is 4.99 Å². The SMILES string of the molecule is I.NC(=NCC1(c2ccc(Br)cc2)CCOCC1)N1CCSCC1. The number of benzene rings is 1. The topological polar surface area (TPSA) is 50.9 Å². The molecule has 0 atom stereocenters. The summed E-state index contributed by atoms with van der Waals surface area (Å²) in [5.41, 5.74) is 7.65. The van der Waals surface area contributed by atoms with Crippen LogP contribution in [0, 0.1) is 0 Å². The second-order valence-corrected chi connectivity index (χ2v) is 8.31. The molecule has 0 spiro atoms. The van der Waals surface area contributed by atoms with Crippen molar-refractivity contribution < 1.29 is 4.74 Å². The van der Waals surface area contributed by atoms with Crippen molar-refractivity contribution in [2.24, 2.45) is 10.7 Å². The fraction of sp³-hybridized carbons (Fsp3) is 0.588. The second-order valence-electron chi connectivity index (χ2n) is 6.17. The van der Waals surface area contributed by atoms with Crippen LogP contribution in [0.3, 0.4) is 0 Å². The number of ether oxygens (including phenoxy) is 1. The quantitative estimate of drug-likeness (QED) is 0.373. The number of thioether (sulfide) groups is 1. The van der Waals surface area contributed by atoms with Gasteiger partial charge in [0.1, 0.15) is 0 Å². The third kappa shape index (κ3) is 5.02. The van der Waals surface area contributed by atoms with Crippen LogP contribution < -0.4 is 5.73 Å². The maximum atomic E-state index is 6.25. The van der Waals surface area contributed by atoms with E-state index in [-0.39, 0.29) is 29.4 Å². The molecular weight excluding hydrogens is 501 g/mol. The van der Waals surface area contributed by atoms with Gasteiger partial charge in [0.05, 0.1) is 6.54 Å². The number of aliphatic imine (C=N–C) groups is 1. The molecule has 2 heterocycles. The van der Waals surface area contributed by atoms with Crippen LogP contribution in [0.5, 0.6) is 0 Å². The van der Waals surface area contributed by atoms with Gasteiger partial charge in [0, 0.05) is 47.7 Å². The fourth-order valence-corrected chi connectivity index (χ4v) is 4.40. The molecule has 1 aromatic carbocycles. The highest BCUT2D eigenvalue weighted by atomic mass is 127. The number of nitrogens with two attached hydrogens (primary N) is 1. The average Bonchev–Trinajstić information content (AvgIpc) is 2.62. The first-order valence-corrected chi connectivity index (χ1v) is 10.1. The first-order valence-electron chi connectivity index (χ1n) is 8.16. The number of guanidine groups is 1. The Morgan fingerprint density at radius 2 is 1.83 bits per heavy atom. The van der Waals surface area contributed by atoms with Gasteiger partial charge in [-0.15, -0.1) is 24.0 Å². The monoisotopic (exact) mass is 525 g/mol. The van der Waals surface area contributed by atoms with Crippen LogP contribution in [0.15, 0.2) is 33.7 Å². The molecule has 134 valence electrons. The summed E-state index contributed by atoms with van der Waals surface area (Å²) in [4.78, 5) is 7.00. The summed E-state index contributed by atoms with van der Waals surface area (Å²) in [6.45, 7) is 4.36. The highest BCUT2D eigenvalue weighted by molar-refractivity contribution is 14.0. The maximum Gasteiger partial charge on any atom is 0.191 e. The molecule has 2 aliphatic rings. The van der Waals surface area contributed by atoms with Crippen LogP contribution in [0.1, 0.15) is 18.4 Å². The third-order valence-electron chi connectivity index (χ3n) is 4.79. The van der Waals surface area contributed by atoms with Crippen LogP contribution >= 0.6 is 51.7 Å². The Hall–Kier alpha value is 0.01000. The summed E-state index contributed by atoms with van der Waals surface area (Å²) in [6.07, 6.45) is 2.00. The second kappa shape index (κ2) is 9.64. The molecule has 3 rings (SSSR count). The Balaban J connectivity index is 0.00000208. The number of hydrogen-bond acceptors (Lipinski definition) is 3. The Morgan fingerprint density at radius 3 is 2.46 bits per heavy atom. The van der Waals surface area contributed by atoms with Crippen LogP contribution in [0.4, 0.5) is 0 Å². The first-order chi connectivity index (χ1) is 11.2. The van der Waals surface area contributed by atoms with E-state index in [1.807, 2.05) is 11.8 Å². The third-order valence-corrected chi connectivity index (χ3v) is 6.26. The zero-order valence-electron chi connectivity index (χ0n) is 13.7. The molecule has 0 bridgehead atoms. The van der Waals surface area contributed by atoms with E-state index in [1.54, 1.807) is 0 Å². The van der Waals surface area contributed by atoms with Gasteiger partial charge in [-0.25, -0.2) is 0 Å². The zero-order valence-corrected chi connectivity index (χ0v) is 18.5. The predicted molar refractivity (Wildman–Crippen MR) is 117 cm³/mol. The van der Waals surface area contributed by atoms with Crippen molar-refractivity contribution in [3.05, 3.63) is 34.3 Å². The van der Waals surface area contributed by atoms with E-state index in [9.17, 15) is 0 Å². The highest BCUT2D eigenvalue weighted by Gasteiger charge is 2.34. The number of rotatable bonds is 3. The summed E-state index contributed by atoms with van der Waals surface area (Å²) in [7, 11) is 0. The minimum Gasteiger partial charge on any atom is -0.381 e. The normalized spacial score (nSPS) is 21.2. The molecule has 2 fully saturated rings. The molecule has 24 heavy (non-hydrogen) atoms. The predicted octanol–water partition coefficient (Wildman–Crippen LogP) is 3.48. The number of halogens is 2. The molecule has 4 nitrogen and oxygen atoms in total. The standard InChI is InChI=1S/C17H24BrN3OS.HI/c18-15-3-1-14(2-4-15)17(5-9-22-10-6-17)13-20-16(19)21-7-11-23-12-8-21;/h1-4H,5-13H2,(H2,19,20);1H. The summed E-state index contributed by atoms with van der Waals surface area (Å²) in [5, 5.41) is 0. The lowest BCUT2D eigenvalue weighted by Crippen LogP contribution is -2.44. The molecule has 1 aromatic rings. The highest BCUT2D eigenvalue weighted by Crippen LogP contribution is 2.35. The van der Waals surface area contributed by atoms with Crippen molar-refractivity contribution in [3.63, 3.8) is 0 Å². The van der Waals surface area contributed by atoms with Crippen molar-refractivity contribution >= 4 is 57.6 Å². The van der Waals surface area contributed by atoms with Gasteiger partial charge < -0.3 is 15.4 Å². The van der Waals surface area contributed by atoms with Crippen molar-refractivity contribution in [2.45, 2.75) is 18.3 Å². The number of hydrogen-bond donors (Lipinski definition) is 1. The molecule has 0 aromatic heterocycles. The van der Waals surface area contributed by atoms with Crippen LogP contribution in [0.2, 0.25) is 0 Å². The van der Waals surface area contributed by atoms with Crippen LogP contribution in [0.25, 0.3) is 0 Å². The van der Waals surface area contributed by atoms with E-state index in [0.29, 0.717) is 5.96 Å². The van der Waals surface area contributed by atoms with Gasteiger partial charge in [-0.05, 0) is 30.5 Å². The molecule has 0 amide bonds. The minimum absolute atomic E-state index is 0. The van der Waals surface area contributed by atoms with Crippen molar-refractivity contribution in [1.82, 2.24) is 4.90 Å². The van der Waals surface area contributed by atoms with Crippen LogP contribution in [-0.2, 0) is 10.2 Å². The lowest BCUT2D eigenvalue weighted by Gasteiger charge is -2.37. The van der Waals surface area contributed by atoms with E-state index in [4.69, 9.17) is 15.5 Å². The number of nitrogens with zero attached hydrogens (tertiary/aromatic N) is 2. The molecule has 0 saturated carbocycles. The average molecular weight is 526 g/mol. The van der Waals surface area contributed by atoms with Gasteiger partial charge in [0.2, 0.25) is 0 Å². The van der Waals surface area contributed by atoms with E-state index >= 15 is 0 Å². The molecule has 7 heteroatoms. The van der Waals surface area contributed by atoms with E-state index < -0.39 is 0 Å². The van der Waals surface area contributed by atoms with Crippen molar-refractivity contribution in [1.29, 1.82) is 0 Å². The summed E-state index contributed by atoms with van der Waals surface area (Å²) < 4.78 is 6.70. The fourth-order valence-electron chi connectivity index (χ4n) is 3.23. The Labute approximate surface area is 174 Å². The van der Waals surface area contributed by atoms with Gasteiger partial charge in [0.25, 0.3) is 0 Å². The lowest BCUT2D eigenvalue weighted by molar-refractivity contribution is 0.0530. The molecule has 2 saturated heterocycles. The Bertz CT molecular complexity index is 543. The van der Waals surface area contributed by atoms with E-state index in [1.165, 1.54) is 5.56 Å². The van der Waals surface area contributed by atoms with Gasteiger partial charge >= 0.3 is 0 Å². The van der Waals surface area contributed by atoms with Gasteiger partial charge in [0.15, 0.2) is 5.96 Å². The van der Waals surface area contributed by atoms with Gasteiger partial charge in [-0.2, -0.15) is 11.8 Å². The minimum atomic E-state index is 0. The first kappa shape index (κ1) is 20.3. The van der Waals surface area contributed by atoms with Crippen molar-refractivity contribution in [2.75, 3.05) is 44.4 Å². The van der Waals surface area contributed by atoms with Gasteiger partial charge in [-0.1, -0.05) is 28.1 Å². The summed E-state index contributed by atoms with van der Waals surface area (Å²) >= 11 is 5.51. The molecule has 0 unspecified atom stereocenters. The molecule has 0 aliphatic carbocycles. The molecule has 2 N–H and O–H groups in total.